The second-order valence-electron chi connectivity index (χ2n) is 13.7. The molecular formula is C30H49N2O6+. The highest BCUT2D eigenvalue weighted by Gasteiger charge is 2.54. The molecule has 2 aliphatic heterocycles. The van der Waals surface area contributed by atoms with Crippen LogP contribution in [0, 0.1) is 11.8 Å². The van der Waals surface area contributed by atoms with Crippen molar-refractivity contribution < 1.29 is 29.5 Å². The maximum absolute atomic E-state index is 13.0. The van der Waals surface area contributed by atoms with Gasteiger partial charge >= 0.3 is 11.9 Å². The molecule has 2 heterocycles. The van der Waals surface area contributed by atoms with Gasteiger partial charge in [0.25, 0.3) is 0 Å². The standard InChI is InChI=1S/C30H48N2O6/c1-19(2)29(9)17-23(15-27(5,6)31(29)35)37-25(33)21-11-13-22(14-12-21)26(34)38-24-16-28(7,8)32(36)30(10,18-24)20(3)4/h11-14,19-20,23-24,35-36H,15-18H2,1-10H3/p+1. The minimum absolute atomic E-state index is 0.163. The van der Waals surface area contributed by atoms with E-state index in [1.54, 1.807) is 29.3 Å². The molecule has 8 heteroatoms. The lowest BCUT2D eigenvalue weighted by Gasteiger charge is -2.54. The van der Waals surface area contributed by atoms with E-state index < -0.39 is 34.1 Å². The van der Waals surface area contributed by atoms with Crippen molar-refractivity contribution in [3.05, 3.63) is 35.4 Å². The first-order chi connectivity index (χ1) is 17.3. The van der Waals surface area contributed by atoms with Gasteiger partial charge in [0.05, 0.1) is 22.2 Å². The summed E-state index contributed by atoms with van der Waals surface area (Å²) in [4.78, 5) is 26.0. The Kier molecular flexibility index (Phi) is 8.46. The molecule has 0 saturated carbocycles. The summed E-state index contributed by atoms with van der Waals surface area (Å²) in [5.41, 5.74) is -1.15. The number of hydroxylamine groups is 4. The molecule has 2 fully saturated rings. The van der Waals surface area contributed by atoms with Crippen molar-refractivity contribution in [2.45, 2.75) is 129 Å². The first kappa shape index (κ1) is 30.5. The van der Waals surface area contributed by atoms with Crippen LogP contribution in [0.15, 0.2) is 24.3 Å². The van der Waals surface area contributed by atoms with Gasteiger partial charge in [-0.2, -0.15) is 5.06 Å². The zero-order valence-electron chi connectivity index (χ0n) is 24.9. The molecule has 4 unspecified atom stereocenters. The van der Waals surface area contributed by atoms with Crippen LogP contribution in [0.5, 0.6) is 0 Å². The minimum Gasteiger partial charge on any atom is -0.459 e. The Labute approximate surface area is 228 Å². The first-order valence-electron chi connectivity index (χ1n) is 13.9. The second-order valence-corrected chi connectivity index (χ2v) is 13.7. The number of piperidine rings is 2. The fourth-order valence-corrected chi connectivity index (χ4v) is 6.24. The first-order valence-corrected chi connectivity index (χ1v) is 13.9. The van der Waals surface area contributed by atoms with Crippen molar-refractivity contribution >= 4 is 11.9 Å². The predicted molar refractivity (Wildman–Crippen MR) is 147 cm³/mol. The van der Waals surface area contributed by atoms with Crippen molar-refractivity contribution in [3.8, 4) is 0 Å². The molecule has 2 aliphatic rings. The fraction of sp³-hybridized carbons (Fsp3) is 0.733. The Hall–Kier alpha value is -2.00. The maximum atomic E-state index is 13.0. The maximum Gasteiger partial charge on any atom is 0.338 e. The quantitative estimate of drug-likeness (QED) is 0.389. The van der Waals surface area contributed by atoms with Crippen LogP contribution in [0.3, 0.4) is 0 Å². The van der Waals surface area contributed by atoms with Gasteiger partial charge in [-0.05, 0) is 77.6 Å². The molecule has 3 rings (SSSR count). The number of nitrogens with zero attached hydrogens (tertiary/aromatic N) is 2. The summed E-state index contributed by atoms with van der Waals surface area (Å²) >= 11 is 0. The number of rotatable bonds is 6. The largest absolute Gasteiger partial charge is 0.459 e. The molecule has 8 nitrogen and oxygen atoms in total. The SMILES string of the molecule is CC(C)C1(C)CC(OC(=O)c2ccc(C(=O)OC3CC(C)(C)N([OH2+])C(C)(C(C)C)C3)cc2)CC(C)(C)N1O. The third-order valence-electron chi connectivity index (χ3n) is 9.30. The van der Waals surface area contributed by atoms with Crippen LogP contribution in [0.4, 0.5) is 0 Å². The number of benzene rings is 1. The molecule has 0 bridgehead atoms. The van der Waals surface area contributed by atoms with Crippen LogP contribution >= 0.6 is 0 Å². The predicted octanol–water partition coefficient (Wildman–Crippen LogP) is 5.34. The van der Waals surface area contributed by atoms with Crippen molar-refractivity contribution in [3.63, 3.8) is 0 Å². The summed E-state index contributed by atoms with van der Waals surface area (Å²) in [6, 6.07) is 6.40. The van der Waals surface area contributed by atoms with Gasteiger partial charge in [-0.3, -0.25) is 0 Å². The van der Waals surface area contributed by atoms with Gasteiger partial charge in [0.2, 0.25) is 0 Å². The van der Waals surface area contributed by atoms with E-state index in [-0.39, 0.29) is 24.0 Å². The van der Waals surface area contributed by atoms with Gasteiger partial charge < -0.3 is 19.9 Å². The van der Waals surface area contributed by atoms with Crippen LogP contribution in [0.1, 0.15) is 116 Å². The van der Waals surface area contributed by atoms with Gasteiger partial charge in [-0.1, -0.05) is 32.8 Å². The van der Waals surface area contributed by atoms with Gasteiger partial charge in [0.1, 0.15) is 12.2 Å². The smallest absolute Gasteiger partial charge is 0.338 e. The van der Waals surface area contributed by atoms with Crippen molar-refractivity contribution in [1.82, 2.24) is 10.1 Å². The summed E-state index contributed by atoms with van der Waals surface area (Å²) in [6.07, 6.45) is 1.58. The van der Waals surface area contributed by atoms with Crippen LogP contribution in [-0.2, 0) is 9.47 Å². The fourth-order valence-electron chi connectivity index (χ4n) is 6.24. The van der Waals surface area contributed by atoms with Crippen LogP contribution < -0.4 is 0 Å². The molecule has 4 atom stereocenters. The van der Waals surface area contributed by atoms with E-state index in [0.29, 0.717) is 36.8 Å². The van der Waals surface area contributed by atoms with Gasteiger partial charge in [-0.25, -0.2) is 9.59 Å². The van der Waals surface area contributed by atoms with Gasteiger partial charge in [0, 0.05) is 36.8 Å². The monoisotopic (exact) mass is 533 g/mol. The van der Waals surface area contributed by atoms with E-state index in [1.807, 2.05) is 34.6 Å². The molecular weight excluding hydrogens is 484 g/mol. The van der Waals surface area contributed by atoms with E-state index >= 15 is 0 Å². The molecule has 38 heavy (non-hydrogen) atoms. The highest BCUT2D eigenvalue weighted by molar-refractivity contribution is 5.93. The number of esters is 2. The van der Waals surface area contributed by atoms with E-state index in [1.165, 1.54) is 5.06 Å². The van der Waals surface area contributed by atoms with E-state index in [9.17, 15) is 14.8 Å². The lowest BCUT2D eigenvalue weighted by atomic mass is 9.73. The number of hydrogen-bond donors (Lipinski definition) is 1. The van der Waals surface area contributed by atoms with E-state index in [0.717, 1.165) is 0 Å². The topological polar surface area (TPSA) is 102 Å². The third-order valence-corrected chi connectivity index (χ3v) is 9.30. The Balaban J connectivity index is 1.67. The number of ether oxygens (including phenoxy) is 2. The Bertz CT molecular complexity index is 939. The lowest BCUT2D eigenvalue weighted by molar-refractivity contribution is -0.273. The normalized spacial score (nSPS) is 31.8. The van der Waals surface area contributed by atoms with Gasteiger partial charge in [0.15, 0.2) is 0 Å². The minimum atomic E-state index is -0.536. The summed E-state index contributed by atoms with van der Waals surface area (Å²) in [6.45, 7) is 20.3. The van der Waals surface area contributed by atoms with Crippen molar-refractivity contribution in [1.29, 1.82) is 0 Å². The zero-order chi connectivity index (χ0) is 28.8. The third kappa shape index (κ3) is 5.79. The summed E-state index contributed by atoms with van der Waals surface area (Å²) < 4.78 is 11.8. The van der Waals surface area contributed by atoms with Crippen molar-refractivity contribution in [2.75, 3.05) is 0 Å². The second kappa shape index (κ2) is 10.5. The van der Waals surface area contributed by atoms with Gasteiger partial charge in [-0.15, -0.1) is 0 Å². The zero-order valence-corrected chi connectivity index (χ0v) is 24.9. The van der Waals surface area contributed by atoms with E-state index in [2.05, 4.69) is 34.6 Å². The number of carbonyl (C=O) groups excluding carboxylic acids is 2. The summed E-state index contributed by atoms with van der Waals surface area (Å²) in [5, 5.41) is 22.6. The van der Waals surface area contributed by atoms with E-state index in [4.69, 9.17) is 14.7 Å². The molecule has 0 spiro atoms. The molecule has 2 saturated heterocycles. The Morgan fingerprint density at radius 2 is 1.13 bits per heavy atom. The van der Waals surface area contributed by atoms with Crippen LogP contribution in [-0.4, -0.2) is 66.8 Å². The highest BCUT2D eigenvalue weighted by atomic mass is 16.6. The van der Waals surface area contributed by atoms with Crippen molar-refractivity contribution in [2.24, 2.45) is 11.8 Å². The lowest BCUT2D eigenvalue weighted by Crippen LogP contribution is -2.64. The average Bonchev–Trinajstić information content (AvgIpc) is 2.80. The number of hydrogen-bond acceptors (Lipinski definition) is 7. The molecule has 0 amide bonds. The molecule has 0 aromatic heterocycles. The average molecular weight is 534 g/mol. The Morgan fingerprint density at radius 3 is 1.53 bits per heavy atom. The molecule has 3 N–H and O–H groups in total. The molecule has 214 valence electrons. The molecule has 1 aromatic rings. The molecule has 1 aromatic carbocycles. The van der Waals surface area contributed by atoms with Crippen LogP contribution in [0.2, 0.25) is 0 Å². The highest BCUT2D eigenvalue weighted by Crippen LogP contribution is 2.43. The summed E-state index contributed by atoms with van der Waals surface area (Å²) in [7, 11) is 0. The summed E-state index contributed by atoms with van der Waals surface area (Å²) in [5.74, 6) is -0.490. The Morgan fingerprint density at radius 1 is 0.763 bits per heavy atom. The molecule has 0 aliphatic carbocycles. The molecule has 0 radical (unpaired) electrons. The van der Waals surface area contributed by atoms with Crippen LogP contribution in [0.25, 0.3) is 0 Å². The number of carbonyl (C=O) groups is 2.